The van der Waals surface area contributed by atoms with E-state index in [1.54, 1.807) is 18.4 Å². The molecule has 1 aromatic heterocycles. The third-order valence-electron chi connectivity index (χ3n) is 4.91. The van der Waals surface area contributed by atoms with Crippen LogP contribution in [0, 0.1) is 0 Å². The number of anilines is 1. The summed E-state index contributed by atoms with van der Waals surface area (Å²) < 4.78 is 5.31. The molecule has 1 aliphatic heterocycles. The minimum atomic E-state index is -0.0919. The van der Waals surface area contributed by atoms with Crippen molar-refractivity contribution in [3.8, 4) is 5.75 Å². The summed E-state index contributed by atoms with van der Waals surface area (Å²) in [6.07, 6.45) is 0.903. The van der Waals surface area contributed by atoms with Crippen LogP contribution in [-0.4, -0.2) is 56.7 Å². The molecule has 1 aliphatic rings. The van der Waals surface area contributed by atoms with Gasteiger partial charge in [-0.25, -0.2) is 0 Å². The molecule has 1 amide bonds. The molecule has 6 heteroatoms. The molecular formula is C20H27N3O2S. The first-order chi connectivity index (χ1) is 12.7. The second kappa shape index (κ2) is 9.05. The fourth-order valence-corrected chi connectivity index (χ4v) is 3.96. The Hall–Kier alpha value is -2.05. The van der Waals surface area contributed by atoms with Crippen molar-refractivity contribution in [1.29, 1.82) is 0 Å². The maximum Gasteiger partial charge on any atom is 0.237 e. The molecule has 2 aromatic rings. The molecule has 5 nitrogen and oxygen atoms in total. The molecule has 0 aliphatic carbocycles. The second-order valence-electron chi connectivity index (χ2n) is 6.52. The van der Waals surface area contributed by atoms with Crippen molar-refractivity contribution in [1.82, 2.24) is 10.2 Å². The number of ether oxygens (including phenoxy) is 1. The number of nitrogens with one attached hydrogen (secondary N) is 1. The van der Waals surface area contributed by atoms with Crippen molar-refractivity contribution in [2.24, 2.45) is 0 Å². The summed E-state index contributed by atoms with van der Waals surface area (Å²) in [5.74, 6) is 1.000. The molecule has 1 saturated heterocycles. The van der Waals surface area contributed by atoms with Gasteiger partial charge in [-0.2, -0.15) is 0 Å². The molecule has 1 unspecified atom stereocenters. The summed E-state index contributed by atoms with van der Waals surface area (Å²) in [6.45, 7) is 6.31. The third-order valence-corrected chi connectivity index (χ3v) is 5.85. The predicted molar refractivity (Wildman–Crippen MR) is 107 cm³/mol. The van der Waals surface area contributed by atoms with Crippen LogP contribution in [0.15, 0.2) is 41.8 Å². The molecule has 3 rings (SSSR count). The summed E-state index contributed by atoms with van der Waals surface area (Å²) in [5.41, 5.74) is 1.18. The van der Waals surface area contributed by atoms with Gasteiger partial charge in [0.1, 0.15) is 5.75 Å². The van der Waals surface area contributed by atoms with E-state index < -0.39 is 0 Å². The van der Waals surface area contributed by atoms with Crippen molar-refractivity contribution < 1.29 is 9.53 Å². The van der Waals surface area contributed by atoms with E-state index in [0.717, 1.165) is 38.3 Å². The van der Waals surface area contributed by atoms with Gasteiger partial charge in [-0.05, 0) is 36.9 Å². The molecule has 0 bridgehead atoms. The average Bonchev–Trinajstić information content (AvgIpc) is 3.21. The fraction of sp³-hybridized carbons (Fsp3) is 0.450. The summed E-state index contributed by atoms with van der Waals surface area (Å²) in [7, 11) is 1.69. The number of carbonyl (C=O) groups is 1. The van der Waals surface area contributed by atoms with Crippen LogP contribution in [0.5, 0.6) is 5.75 Å². The predicted octanol–water partition coefficient (Wildman–Crippen LogP) is 2.63. The number of benzene rings is 1. The van der Waals surface area contributed by atoms with Crippen LogP contribution in [0.3, 0.4) is 0 Å². The van der Waals surface area contributed by atoms with E-state index in [0.29, 0.717) is 6.54 Å². The Bertz CT molecular complexity index is 697. The first-order valence-electron chi connectivity index (χ1n) is 9.10. The Morgan fingerprint density at radius 3 is 2.73 bits per heavy atom. The highest BCUT2D eigenvalue weighted by Gasteiger charge is 2.25. The summed E-state index contributed by atoms with van der Waals surface area (Å²) in [6, 6.07) is 12.2. The van der Waals surface area contributed by atoms with Crippen LogP contribution >= 0.6 is 11.3 Å². The maximum atomic E-state index is 12.4. The third kappa shape index (κ3) is 4.77. The largest absolute Gasteiger partial charge is 0.497 e. The zero-order valence-electron chi connectivity index (χ0n) is 15.5. The van der Waals surface area contributed by atoms with Crippen molar-refractivity contribution in [2.75, 3.05) is 44.7 Å². The Morgan fingerprint density at radius 1 is 1.23 bits per heavy atom. The highest BCUT2D eigenvalue weighted by molar-refractivity contribution is 7.09. The van der Waals surface area contributed by atoms with Crippen molar-refractivity contribution in [2.45, 2.75) is 19.4 Å². The van der Waals surface area contributed by atoms with Gasteiger partial charge in [-0.1, -0.05) is 12.1 Å². The molecule has 1 aromatic carbocycles. The van der Waals surface area contributed by atoms with Crippen LogP contribution in [-0.2, 0) is 11.2 Å². The Labute approximate surface area is 159 Å². The Balaban J connectivity index is 1.45. The van der Waals surface area contributed by atoms with Gasteiger partial charge < -0.3 is 15.0 Å². The highest BCUT2D eigenvalue weighted by Crippen LogP contribution is 2.22. The van der Waals surface area contributed by atoms with Crippen LogP contribution in [0.1, 0.15) is 11.8 Å². The fourth-order valence-electron chi connectivity index (χ4n) is 3.25. The number of piperazine rings is 1. The molecular weight excluding hydrogens is 346 g/mol. The Morgan fingerprint density at radius 2 is 2.04 bits per heavy atom. The number of thiophene rings is 1. The lowest BCUT2D eigenvalue weighted by atomic mass is 10.2. The lowest BCUT2D eigenvalue weighted by Gasteiger charge is -2.38. The molecule has 140 valence electrons. The topological polar surface area (TPSA) is 44.8 Å². The summed E-state index contributed by atoms with van der Waals surface area (Å²) in [5, 5.41) is 5.14. The first-order valence-corrected chi connectivity index (χ1v) is 9.98. The quantitative estimate of drug-likeness (QED) is 0.810. The SMILES string of the molecule is COc1cccc(N2CCN(C(C)C(=O)NCCc3cccs3)CC2)c1. The van der Waals surface area contributed by atoms with Crippen molar-refractivity contribution in [3.05, 3.63) is 46.7 Å². The molecule has 0 saturated carbocycles. The number of hydrogen-bond donors (Lipinski definition) is 1. The monoisotopic (exact) mass is 373 g/mol. The van der Waals surface area contributed by atoms with Gasteiger partial charge in [0.2, 0.25) is 5.91 Å². The van der Waals surface area contributed by atoms with Gasteiger partial charge in [0, 0.05) is 49.4 Å². The smallest absolute Gasteiger partial charge is 0.237 e. The first kappa shape index (κ1) is 18.7. The molecule has 2 heterocycles. The van der Waals surface area contributed by atoms with Gasteiger partial charge in [-0.3, -0.25) is 9.69 Å². The van der Waals surface area contributed by atoms with E-state index in [1.807, 2.05) is 25.1 Å². The van der Waals surface area contributed by atoms with E-state index in [-0.39, 0.29) is 11.9 Å². The molecule has 1 atom stereocenters. The van der Waals surface area contributed by atoms with Gasteiger partial charge in [0.05, 0.1) is 13.2 Å². The van der Waals surface area contributed by atoms with Crippen molar-refractivity contribution >= 4 is 22.9 Å². The van der Waals surface area contributed by atoms with E-state index in [2.05, 4.69) is 38.7 Å². The molecule has 0 spiro atoms. The zero-order valence-corrected chi connectivity index (χ0v) is 16.3. The van der Waals surface area contributed by atoms with Crippen LogP contribution in [0.4, 0.5) is 5.69 Å². The normalized spacial score (nSPS) is 16.3. The number of hydrogen-bond acceptors (Lipinski definition) is 5. The molecule has 26 heavy (non-hydrogen) atoms. The number of nitrogens with zero attached hydrogens (tertiary/aromatic N) is 2. The minimum absolute atomic E-state index is 0.0919. The maximum absolute atomic E-state index is 12.4. The van der Waals surface area contributed by atoms with Crippen LogP contribution < -0.4 is 15.0 Å². The Kier molecular flexibility index (Phi) is 6.52. The number of amides is 1. The standard InChI is InChI=1S/C20H27N3O2S/c1-16(20(24)21-9-8-19-7-4-14-26-19)22-10-12-23(13-11-22)17-5-3-6-18(15-17)25-2/h3-7,14-16H,8-13H2,1-2H3,(H,21,24). The number of rotatable bonds is 7. The summed E-state index contributed by atoms with van der Waals surface area (Å²) >= 11 is 1.74. The van der Waals surface area contributed by atoms with Crippen LogP contribution in [0.2, 0.25) is 0 Å². The van der Waals surface area contributed by atoms with Crippen LogP contribution in [0.25, 0.3) is 0 Å². The lowest BCUT2D eigenvalue weighted by molar-refractivity contribution is -0.125. The van der Waals surface area contributed by atoms with Gasteiger partial charge in [0.25, 0.3) is 0 Å². The van der Waals surface area contributed by atoms with Gasteiger partial charge >= 0.3 is 0 Å². The van der Waals surface area contributed by atoms with E-state index >= 15 is 0 Å². The highest BCUT2D eigenvalue weighted by atomic mass is 32.1. The molecule has 1 N–H and O–H groups in total. The molecule has 1 fully saturated rings. The van der Waals surface area contributed by atoms with Gasteiger partial charge in [0.15, 0.2) is 0 Å². The average molecular weight is 374 g/mol. The second-order valence-corrected chi connectivity index (χ2v) is 7.55. The minimum Gasteiger partial charge on any atom is -0.497 e. The molecule has 0 radical (unpaired) electrons. The van der Waals surface area contributed by atoms with Crippen molar-refractivity contribution in [3.63, 3.8) is 0 Å². The summed E-state index contributed by atoms with van der Waals surface area (Å²) in [4.78, 5) is 18.3. The number of methoxy groups -OCH3 is 1. The number of carbonyl (C=O) groups excluding carboxylic acids is 1. The van der Waals surface area contributed by atoms with E-state index in [4.69, 9.17) is 4.74 Å². The van der Waals surface area contributed by atoms with E-state index in [9.17, 15) is 4.79 Å². The van der Waals surface area contributed by atoms with Gasteiger partial charge in [-0.15, -0.1) is 11.3 Å². The lowest BCUT2D eigenvalue weighted by Crippen LogP contribution is -2.54. The van der Waals surface area contributed by atoms with E-state index in [1.165, 1.54) is 10.6 Å². The zero-order chi connectivity index (χ0) is 18.4.